The normalized spacial score (nSPS) is 38.1. The molecule has 4 fully saturated rings. The van der Waals surface area contributed by atoms with Gasteiger partial charge in [0, 0.05) is 18.7 Å². The van der Waals surface area contributed by atoms with E-state index in [1.165, 1.54) is 38.5 Å². The van der Waals surface area contributed by atoms with Crippen molar-refractivity contribution in [2.24, 2.45) is 17.8 Å². The number of furan rings is 1. The number of carboxylic acids is 1. The third-order valence-corrected chi connectivity index (χ3v) is 5.85. The van der Waals surface area contributed by atoms with Crippen LogP contribution < -0.4 is 4.90 Å². The molecular formula is C16H21NO3. The van der Waals surface area contributed by atoms with E-state index in [-0.39, 0.29) is 11.3 Å². The largest absolute Gasteiger partial charge is 0.475 e. The fourth-order valence-corrected chi connectivity index (χ4v) is 5.33. The van der Waals surface area contributed by atoms with E-state index >= 15 is 0 Å². The van der Waals surface area contributed by atoms with Crippen molar-refractivity contribution in [3.63, 3.8) is 0 Å². The molecule has 1 N–H and O–H groups in total. The number of hydrogen-bond donors (Lipinski definition) is 1. The fraction of sp³-hybridized carbons (Fsp3) is 0.688. The monoisotopic (exact) mass is 275 g/mol. The summed E-state index contributed by atoms with van der Waals surface area (Å²) in [7, 11) is 2.08. The van der Waals surface area contributed by atoms with E-state index in [0.29, 0.717) is 5.88 Å². The lowest BCUT2D eigenvalue weighted by atomic mass is 9.52. The van der Waals surface area contributed by atoms with Crippen LogP contribution in [0.15, 0.2) is 16.5 Å². The molecule has 4 aliphatic rings. The zero-order valence-corrected chi connectivity index (χ0v) is 11.8. The van der Waals surface area contributed by atoms with Crippen LogP contribution in [0, 0.1) is 17.8 Å². The van der Waals surface area contributed by atoms with E-state index in [1.54, 1.807) is 6.07 Å². The Hall–Kier alpha value is -1.45. The van der Waals surface area contributed by atoms with Crippen LogP contribution in [-0.4, -0.2) is 23.7 Å². The lowest BCUT2D eigenvalue weighted by Crippen LogP contribution is -2.59. The van der Waals surface area contributed by atoms with Gasteiger partial charge in [0.2, 0.25) is 5.76 Å². The summed E-state index contributed by atoms with van der Waals surface area (Å²) in [5.74, 6) is 2.38. The second-order valence-corrected chi connectivity index (χ2v) is 7.14. The Labute approximate surface area is 118 Å². The van der Waals surface area contributed by atoms with Gasteiger partial charge in [-0.05, 0) is 62.3 Å². The molecule has 0 amide bonds. The van der Waals surface area contributed by atoms with E-state index in [4.69, 9.17) is 9.52 Å². The molecule has 0 radical (unpaired) electrons. The van der Waals surface area contributed by atoms with Gasteiger partial charge in [-0.15, -0.1) is 0 Å². The van der Waals surface area contributed by atoms with Gasteiger partial charge in [0.15, 0.2) is 5.88 Å². The van der Waals surface area contributed by atoms with Crippen LogP contribution in [0.5, 0.6) is 0 Å². The topological polar surface area (TPSA) is 53.7 Å². The first kappa shape index (κ1) is 12.3. The van der Waals surface area contributed by atoms with Gasteiger partial charge in [-0.1, -0.05) is 0 Å². The molecule has 108 valence electrons. The zero-order valence-electron chi connectivity index (χ0n) is 11.8. The fourth-order valence-electron chi connectivity index (χ4n) is 5.33. The molecule has 4 heteroatoms. The molecule has 1 aromatic rings. The number of nitrogens with zero attached hydrogens (tertiary/aromatic N) is 1. The quantitative estimate of drug-likeness (QED) is 0.918. The average molecular weight is 275 g/mol. The van der Waals surface area contributed by atoms with Gasteiger partial charge in [-0.25, -0.2) is 4.79 Å². The van der Waals surface area contributed by atoms with Gasteiger partial charge in [-0.3, -0.25) is 0 Å². The molecule has 5 rings (SSSR count). The number of hydrogen-bond acceptors (Lipinski definition) is 3. The zero-order chi connectivity index (χ0) is 13.9. The highest BCUT2D eigenvalue weighted by molar-refractivity contribution is 5.84. The van der Waals surface area contributed by atoms with E-state index < -0.39 is 5.97 Å². The van der Waals surface area contributed by atoms with Gasteiger partial charge in [0.05, 0.1) is 0 Å². The Bertz CT molecular complexity index is 512. The predicted octanol–water partition coefficient (Wildman–Crippen LogP) is 3.38. The van der Waals surface area contributed by atoms with E-state index in [2.05, 4.69) is 11.9 Å². The minimum Gasteiger partial charge on any atom is -0.475 e. The summed E-state index contributed by atoms with van der Waals surface area (Å²) >= 11 is 0. The van der Waals surface area contributed by atoms with Crippen LogP contribution in [0.4, 0.5) is 5.88 Å². The van der Waals surface area contributed by atoms with Gasteiger partial charge in [0.1, 0.15) is 0 Å². The molecule has 4 aliphatic carbocycles. The SMILES string of the molecule is CN(c1ccc(C(=O)O)o1)C12CC3CC(CC(C3)C1)C2. The molecule has 4 saturated carbocycles. The maximum atomic E-state index is 11.0. The number of carboxylic acid groups (broad SMARTS) is 1. The number of rotatable bonds is 3. The Morgan fingerprint density at radius 3 is 2.20 bits per heavy atom. The highest BCUT2D eigenvalue weighted by Gasteiger charge is 2.53. The van der Waals surface area contributed by atoms with Crippen molar-refractivity contribution in [3.05, 3.63) is 17.9 Å². The van der Waals surface area contributed by atoms with Crippen molar-refractivity contribution in [2.75, 3.05) is 11.9 Å². The second-order valence-electron chi connectivity index (χ2n) is 7.14. The lowest BCUT2D eigenvalue weighted by molar-refractivity contribution is -0.00352. The summed E-state index contributed by atoms with van der Waals surface area (Å²) in [5, 5.41) is 9.00. The molecule has 1 aromatic heterocycles. The minimum atomic E-state index is -0.991. The van der Waals surface area contributed by atoms with Gasteiger partial charge in [0.25, 0.3) is 0 Å². The molecule has 0 aromatic carbocycles. The first-order valence-corrected chi connectivity index (χ1v) is 7.63. The standard InChI is InChI=1S/C16H21NO3/c1-17(14-3-2-13(20-14)15(18)19)16-7-10-4-11(8-16)6-12(5-10)9-16/h2-3,10-12H,4-9H2,1H3,(H,18,19). The van der Waals surface area contributed by atoms with Crippen LogP contribution in [0.2, 0.25) is 0 Å². The summed E-state index contributed by atoms with van der Waals surface area (Å²) in [5.41, 5.74) is 0.211. The van der Waals surface area contributed by atoms with Crippen molar-refractivity contribution in [2.45, 2.75) is 44.1 Å². The molecule has 4 nitrogen and oxygen atoms in total. The molecule has 1 heterocycles. The van der Waals surface area contributed by atoms with E-state index in [0.717, 1.165) is 17.8 Å². The molecule has 0 spiro atoms. The molecule has 0 aliphatic heterocycles. The van der Waals surface area contributed by atoms with E-state index in [9.17, 15) is 4.79 Å². The van der Waals surface area contributed by atoms with Crippen LogP contribution in [-0.2, 0) is 0 Å². The van der Waals surface area contributed by atoms with Gasteiger partial charge < -0.3 is 14.4 Å². The highest BCUT2D eigenvalue weighted by atomic mass is 16.4. The molecule has 20 heavy (non-hydrogen) atoms. The summed E-state index contributed by atoms with van der Waals surface area (Å²) in [6.45, 7) is 0. The van der Waals surface area contributed by atoms with Crippen LogP contribution >= 0.6 is 0 Å². The van der Waals surface area contributed by atoms with Crippen molar-refractivity contribution in [3.8, 4) is 0 Å². The first-order valence-electron chi connectivity index (χ1n) is 7.63. The first-order chi connectivity index (χ1) is 9.56. The Kier molecular flexibility index (Phi) is 2.48. The summed E-state index contributed by atoms with van der Waals surface area (Å²) < 4.78 is 5.52. The predicted molar refractivity (Wildman–Crippen MR) is 75.0 cm³/mol. The van der Waals surface area contributed by atoms with Crippen LogP contribution in [0.3, 0.4) is 0 Å². The Balaban J connectivity index is 1.64. The maximum Gasteiger partial charge on any atom is 0.371 e. The molecule has 0 atom stereocenters. The highest BCUT2D eigenvalue weighted by Crippen LogP contribution is 2.58. The molecule has 0 saturated heterocycles. The summed E-state index contributed by atoms with van der Waals surface area (Å²) in [6.07, 6.45) is 7.97. The smallest absolute Gasteiger partial charge is 0.371 e. The van der Waals surface area contributed by atoms with Crippen molar-refractivity contribution >= 4 is 11.9 Å². The number of carbonyl (C=O) groups is 1. The maximum absolute atomic E-state index is 11.0. The third kappa shape index (κ3) is 1.70. The second kappa shape index (κ2) is 4.03. The van der Waals surface area contributed by atoms with Crippen LogP contribution in [0.1, 0.15) is 49.1 Å². The number of anilines is 1. The van der Waals surface area contributed by atoms with Gasteiger partial charge in [-0.2, -0.15) is 0 Å². The third-order valence-electron chi connectivity index (χ3n) is 5.85. The Morgan fingerprint density at radius 2 is 1.75 bits per heavy atom. The van der Waals surface area contributed by atoms with Crippen molar-refractivity contribution in [1.82, 2.24) is 0 Å². The molecule has 4 bridgehead atoms. The summed E-state index contributed by atoms with van der Waals surface area (Å²) in [4.78, 5) is 13.2. The van der Waals surface area contributed by atoms with Crippen molar-refractivity contribution in [1.29, 1.82) is 0 Å². The van der Waals surface area contributed by atoms with Crippen molar-refractivity contribution < 1.29 is 14.3 Å². The summed E-state index contributed by atoms with van der Waals surface area (Å²) in [6, 6.07) is 3.37. The molecule has 0 unspecified atom stereocenters. The Morgan fingerprint density at radius 1 is 1.20 bits per heavy atom. The van der Waals surface area contributed by atoms with E-state index in [1.807, 2.05) is 6.07 Å². The van der Waals surface area contributed by atoms with Crippen LogP contribution in [0.25, 0.3) is 0 Å². The van der Waals surface area contributed by atoms with Gasteiger partial charge >= 0.3 is 5.97 Å². The lowest BCUT2D eigenvalue weighted by Gasteiger charge is -2.59. The number of aromatic carboxylic acids is 1. The molecular weight excluding hydrogens is 254 g/mol. The minimum absolute atomic E-state index is 0.0385. The average Bonchev–Trinajstić information content (AvgIpc) is 2.85.